The average Bonchev–Trinajstić information content (AvgIpc) is 2.82. The summed E-state index contributed by atoms with van der Waals surface area (Å²) in [6.07, 6.45) is 2.67. The molecule has 0 aromatic carbocycles. The van der Waals surface area contributed by atoms with E-state index in [0.29, 0.717) is 6.25 Å². The van der Waals surface area contributed by atoms with Gasteiger partial charge in [-0.2, -0.15) is 0 Å². The van der Waals surface area contributed by atoms with E-state index in [0.717, 1.165) is 11.8 Å². The number of hydrogen-bond donors (Lipinski definition) is 0. The van der Waals surface area contributed by atoms with Crippen molar-refractivity contribution in [1.82, 2.24) is 0 Å². The van der Waals surface area contributed by atoms with Gasteiger partial charge in [0.05, 0.1) is 0 Å². The third-order valence-electron chi connectivity index (χ3n) is 7.79. The van der Waals surface area contributed by atoms with Gasteiger partial charge in [-0.15, -0.1) is 0 Å². The van der Waals surface area contributed by atoms with Crippen molar-refractivity contribution < 1.29 is 48.0 Å². The van der Waals surface area contributed by atoms with Gasteiger partial charge in [0.2, 0.25) is 0 Å². The van der Waals surface area contributed by atoms with Crippen LogP contribution in [0.1, 0.15) is 95.9 Å². The van der Waals surface area contributed by atoms with E-state index in [9.17, 15) is 0 Å². The van der Waals surface area contributed by atoms with E-state index in [1.807, 2.05) is 0 Å². The second kappa shape index (κ2) is 10.4. The summed E-state index contributed by atoms with van der Waals surface area (Å²) in [6, 6.07) is 0. The molecule has 0 aromatic heterocycles. The summed E-state index contributed by atoms with van der Waals surface area (Å²) in [5.74, 6) is 1.48. The molecule has 0 nitrogen and oxygen atoms in total. The molecule has 2 rings (SSSR count). The van der Waals surface area contributed by atoms with E-state index in [2.05, 4.69) is 83.1 Å². The van der Waals surface area contributed by atoms with Crippen molar-refractivity contribution in [3.63, 3.8) is 0 Å². The summed E-state index contributed by atoms with van der Waals surface area (Å²) in [7, 11) is 0. The van der Waals surface area contributed by atoms with E-state index < -0.39 is 23.2 Å². The Morgan fingerprint density at radius 1 is 0.517 bits per heavy atom. The molecule has 0 aliphatic heterocycles. The van der Waals surface area contributed by atoms with Crippen LogP contribution in [-0.2, 0) is 23.2 Å². The Labute approximate surface area is 205 Å². The molecule has 0 fully saturated rings. The van der Waals surface area contributed by atoms with E-state index in [4.69, 9.17) is 0 Å². The minimum Gasteiger partial charge on any atom is -1.00 e. The van der Waals surface area contributed by atoms with Gasteiger partial charge in [-0.1, -0.05) is 0 Å². The summed E-state index contributed by atoms with van der Waals surface area (Å²) in [5.41, 5.74) is 13.2. The first-order chi connectivity index (χ1) is 12.3. The van der Waals surface area contributed by atoms with Gasteiger partial charge in [0.15, 0.2) is 0 Å². The molecule has 2 aliphatic carbocycles. The minimum absolute atomic E-state index is 0. The van der Waals surface area contributed by atoms with Crippen molar-refractivity contribution in [2.45, 2.75) is 102 Å². The fourth-order valence-corrected chi connectivity index (χ4v) is 13.6. The van der Waals surface area contributed by atoms with Crippen molar-refractivity contribution in [2.75, 3.05) is 0 Å². The summed E-state index contributed by atoms with van der Waals surface area (Å²) in [4.78, 5) is 0. The third kappa shape index (κ3) is 4.78. The Kier molecular flexibility index (Phi) is 10.5. The van der Waals surface area contributed by atoms with Crippen LogP contribution in [0.2, 0.25) is 6.25 Å². The van der Waals surface area contributed by atoms with Gasteiger partial charge in [0.1, 0.15) is 0 Å². The fraction of sp³-hybridized carbons (Fsp3) is 0.692. The molecule has 0 spiro atoms. The van der Waals surface area contributed by atoms with Crippen LogP contribution in [0.4, 0.5) is 0 Å². The van der Waals surface area contributed by atoms with Crippen LogP contribution in [0.5, 0.6) is 0 Å². The third-order valence-corrected chi connectivity index (χ3v) is 14.6. The van der Waals surface area contributed by atoms with Crippen molar-refractivity contribution in [3.8, 4) is 0 Å². The minimum atomic E-state index is -0.871. The maximum atomic E-state index is 2.47. The quantitative estimate of drug-likeness (QED) is 0.510. The second-order valence-corrected chi connectivity index (χ2v) is 14.9. The van der Waals surface area contributed by atoms with Gasteiger partial charge in [-0.25, -0.2) is 0 Å². The molecule has 0 saturated heterocycles. The second-order valence-electron chi connectivity index (χ2n) is 10.1. The number of allylic oxidation sites excluding steroid dienone is 8. The predicted molar refractivity (Wildman–Crippen MR) is 118 cm³/mol. The standard InChI is InChI=1S/2C13H21.2ClH.Zr/c2*1-8(2)7-13-11(5)9(3)10(4)12(13)6;;;/h2*8H,7H2,1-6H3;2*1H;/q;;;;+2/p-2. The van der Waals surface area contributed by atoms with E-state index in [1.165, 1.54) is 12.8 Å². The normalized spacial score (nSPS) is 20.6. The van der Waals surface area contributed by atoms with Crippen LogP contribution in [0, 0.1) is 11.8 Å². The molecule has 3 heteroatoms. The molecule has 2 aliphatic rings. The van der Waals surface area contributed by atoms with Gasteiger partial charge in [0.25, 0.3) is 0 Å². The monoisotopic (exact) mass is 514 g/mol. The van der Waals surface area contributed by atoms with Gasteiger partial charge in [-0.3, -0.25) is 0 Å². The first-order valence-electron chi connectivity index (χ1n) is 10.8. The number of halogens is 2. The van der Waals surface area contributed by atoms with E-state index in [1.54, 1.807) is 44.6 Å². The molecular formula is C26H42Cl2Zr. The van der Waals surface area contributed by atoms with Gasteiger partial charge >= 0.3 is 182 Å². The molecule has 0 saturated carbocycles. The van der Waals surface area contributed by atoms with Gasteiger partial charge in [0, 0.05) is 0 Å². The van der Waals surface area contributed by atoms with Crippen LogP contribution in [0.25, 0.3) is 0 Å². The molecule has 164 valence electrons. The van der Waals surface area contributed by atoms with Crippen molar-refractivity contribution >= 4 is 0 Å². The number of rotatable bonds is 6. The summed E-state index contributed by atoms with van der Waals surface area (Å²) >= 11 is -0.871. The summed E-state index contributed by atoms with van der Waals surface area (Å²) in [6.45, 7) is 29.1. The zero-order valence-corrected chi connectivity index (χ0v) is 24.8. The first kappa shape index (κ1) is 29.4. The zero-order chi connectivity index (χ0) is 20.9. The Hall–Kier alpha value is 0.423. The molecule has 0 atom stereocenters. The van der Waals surface area contributed by atoms with Crippen molar-refractivity contribution in [3.05, 3.63) is 44.6 Å². The first-order valence-corrected chi connectivity index (χ1v) is 13.3. The Morgan fingerprint density at radius 3 is 0.897 bits per heavy atom. The SMILES string of the molecule is CC1=C(C)[C](CC(C)C)([Zr+2][C]2(CC(C)C)C(C)=C(C)C(C)=C2C)C(C)=C1C.[Cl-].[Cl-]. The van der Waals surface area contributed by atoms with Crippen molar-refractivity contribution in [1.29, 1.82) is 0 Å². The largest absolute Gasteiger partial charge is 1.00 e. The Bertz CT molecular complexity index is 648. The molecular weight excluding hydrogens is 474 g/mol. The molecule has 0 aromatic rings. The summed E-state index contributed by atoms with van der Waals surface area (Å²) < 4.78 is 0.766. The molecule has 29 heavy (non-hydrogen) atoms. The molecule has 0 unspecified atom stereocenters. The molecule has 0 heterocycles. The zero-order valence-electron chi connectivity index (χ0n) is 20.8. The maximum absolute atomic E-state index is 2.47. The Balaban J connectivity index is 0.00000392. The van der Waals surface area contributed by atoms with Crippen molar-refractivity contribution in [2.24, 2.45) is 11.8 Å². The van der Waals surface area contributed by atoms with Crippen LogP contribution < -0.4 is 24.8 Å². The fourth-order valence-electron chi connectivity index (χ4n) is 5.65. The molecule has 0 radical (unpaired) electrons. The summed E-state index contributed by atoms with van der Waals surface area (Å²) in [5, 5.41) is 0. The smallest absolute Gasteiger partial charge is 1.00 e. The maximum Gasteiger partial charge on any atom is -1.00 e. The van der Waals surface area contributed by atoms with E-state index >= 15 is 0 Å². The average molecular weight is 517 g/mol. The molecule has 0 N–H and O–H groups in total. The van der Waals surface area contributed by atoms with Crippen LogP contribution >= 0.6 is 0 Å². The Morgan fingerprint density at radius 2 is 0.724 bits per heavy atom. The van der Waals surface area contributed by atoms with Crippen LogP contribution in [0.15, 0.2) is 44.6 Å². The predicted octanol–water partition coefficient (Wildman–Crippen LogP) is 2.86. The topological polar surface area (TPSA) is 0 Å². The van der Waals surface area contributed by atoms with Crippen LogP contribution in [-0.4, -0.2) is 0 Å². The van der Waals surface area contributed by atoms with Gasteiger partial charge in [-0.05, 0) is 0 Å². The van der Waals surface area contributed by atoms with Crippen LogP contribution in [0.3, 0.4) is 0 Å². The molecule has 0 amide bonds. The van der Waals surface area contributed by atoms with E-state index in [-0.39, 0.29) is 24.8 Å². The van der Waals surface area contributed by atoms with Gasteiger partial charge < -0.3 is 24.8 Å². The number of hydrogen-bond acceptors (Lipinski definition) is 0. The molecule has 0 bridgehead atoms.